The number of anilines is 1. The number of nitrogens with zero attached hydrogens (tertiary/aromatic N) is 4. The van der Waals surface area contributed by atoms with Gasteiger partial charge in [-0.3, -0.25) is 9.98 Å². The van der Waals surface area contributed by atoms with E-state index >= 15 is 0 Å². The zero-order chi connectivity index (χ0) is 21.2. The van der Waals surface area contributed by atoms with Crippen LogP contribution >= 0.6 is 11.8 Å². The molecule has 2 unspecified atom stereocenters. The quantitative estimate of drug-likeness (QED) is 0.502. The maximum atomic E-state index is 10.4. The smallest absolute Gasteiger partial charge is 0.134 e. The Labute approximate surface area is 177 Å². The highest BCUT2D eigenvalue weighted by Gasteiger charge is 2.35. The van der Waals surface area contributed by atoms with Gasteiger partial charge in [0.2, 0.25) is 0 Å². The molecule has 0 aromatic carbocycles. The van der Waals surface area contributed by atoms with E-state index in [-0.39, 0.29) is 0 Å². The third-order valence-corrected chi connectivity index (χ3v) is 6.77. The van der Waals surface area contributed by atoms with Gasteiger partial charge in [0.05, 0.1) is 17.0 Å². The van der Waals surface area contributed by atoms with Crippen LogP contribution < -0.4 is 5.32 Å². The second-order valence-corrected chi connectivity index (χ2v) is 9.40. The van der Waals surface area contributed by atoms with Crippen molar-refractivity contribution in [1.82, 2.24) is 15.0 Å². The summed E-state index contributed by atoms with van der Waals surface area (Å²) in [5, 5.41) is 14.0. The first kappa shape index (κ1) is 21.7. The third-order valence-electron chi connectivity index (χ3n) is 5.70. The molecule has 0 amide bonds. The second-order valence-electron chi connectivity index (χ2n) is 8.38. The van der Waals surface area contributed by atoms with Gasteiger partial charge in [0.15, 0.2) is 0 Å². The van der Waals surface area contributed by atoms with Crippen LogP contribution in [-0.2, 0) is 5.75 Å². The van der Waals surface area contributed by atoms with Crippen molar-refractivity contribution < 1.29 is 5.11 Å². The van der Waals surface area contributed by atoms with Crippen LogP contribution in [0.1, 0.15) is 55.9 Å². The number of aliphatic hydroxyl groups is 1. The maximum absolute atomic E-state index is 10.4. The predicted octanol–water partition coefficient (Wildman–Crippen LogP) is 4.77. The molecule has 1 fully saturated rings. The molecule has 3 rings (SSSR count). The molecule has 0 aliphatic heterocycles. The lowest BCUT2D eigenvalue weighted by molar-refractivity contribution is 0.0197. The Morgan fingerprint density at radius 2 is 2.00 bits per heavy atom. The van der Waals surface area contributed by atoms with Crippen LogP contribution in [0.25, 0.3) is 0 Å². The molecule has 2 heterocycles. The molecule has 7 heteroatoms. The highest BCUT2D eigenvalue weighted by molar-refractivity contribution is 7.98. The van der Waals surface area contributed by atoms with Crippen molar-refractivity contribution in [2.45, 2.75) is 76.2 Å². The van der Waals surface area contributed by atoms with Crippen LogP contribution in [0.5, 0.6) is 0 Å². The summed E-state index contributed by atoms with van der Waals surface area (Å²) >= 11 is 1.70. The summed E-state index contributed by atoms with van der Waals surface area (Å²) in [6.45, 7) is 13.4. The van der Waals surface area contributed by atoms with Gasteiger partial charge in [-0.2, -0.15) is 0 Å². The van der Waals surface area contributed by atoms with Gasteiger partial charge in [-0.1, -0.05) is 0 Å². The molecule has 1 aliphatic rings. The molecule has 2 aromatic rings. The summed E-state index contributed by atoms with van der Waals surface area (Å²) in [6.07, 6.45) is 4.82. The number of hydrogen-bond donors (Lipinski definition) is 2. The van der Waals surface area contributed by atoms with Crippen LogP contribution in [0.2, 0.25) is 0 Å². The highest BCUT2D eigenvalue weighted by Crippen LogP contribution is 2.38. The van der Waals surface area contributed by atoms with E-state index in [2.05, 4.69) is 27.0 Å². The van der Waals surface area contributed by atoms with Crippen molar-refractivity contribution in [2.24, 2.45) is 10.9 Å². The van der Waals surface area contributed by atoms with Crippen LogP contribution in [0.3, 0.4) is 0 Å². The number of rotatable bonds is 7. The highest BCUT2D eigenvalue weighted by atomic mass is 32.2. The molecule has 6 nitrogen and oxygen atoms in total. The van der Waals surface area contributed by atoms with Crippen LogP contribution in [0, 0.1) is 26.7 Å². The normalized spacial score (nSPS) is 19.4. The molecule has 1 saturated carbocycles. The topological polar surface area (TPSA) is 83.3 Å². The van der Waals surface area contributed by atoms with Crippen LogP contribution in [0.15, 0.2) is 22.2 Å². The van der Waals surface area contributed by atoms with Crippen molar-refractivity contribution in [3.63, 3.8) is 0 Å². The summed E-state index contributed by atoms with van der Waals surface area (Å²) in [5.41, 5.74) is 3.17. The van der Waals surface area contributed by atoms with Gasteiger partial charge in [0.25, 0.3) is 0 Å². The fourth-order valence-corrected chi connectivity index (χ4v) is 5.12. The van der Waals surface area contributed by atoms with Gasteiger partial charge in [-0.25, -0.2) is 9.97 Å². The lowest BCUT2D eigenvalue weighted by Crippen LogP contribution is -2.30. The average Bonchev–Trinajstić information content (AvgIpc) is 3.10. The molecule has 2 atom stereocenters. The minimum atomic E-state index is -0.639. The zero-order valence-electron chi connectivity index (χ0n) is 18.0. The number of pyridine rings is 1. The fraction of sp³-hybridized carbons (Fsp3) is 0.545. The number of aliphatic imine (C=N–C) groups is 1. The molecule has 0 bridgehead atoms. The molecule has 1 aliphatic carbocycles. The Kier molecular flexibility index (Phi) is 6.58. The zero-order valence-corrected chi connectivity index (χ0v) is 18.8. The monoisotopic (exact) mass is 413 g/mol. The first-order valence-electron chi connectivity index (χ1n) is 10.1. The fourth-order valence-electron chi connectivity index (χ4n) is 3.97. The molecule has 0 saturated heterocycles. The Bertz CT molecular complexity index is 894. The number of nitrogens with one attached hydrogen (secondary N) is 1. The van der Waals surface area contributed by atoms with E-state index in [0.29, 0.717) is 12.0 Å². The lowest BCUT2D eigenvalue weighted by atomic mass is 9.89. The third kappa shape index (κ3) is 5.14. The van der Waals surface area contributed by atoms with E-state index in [1.807, 2.05) is 40.7 Å². The summed E-state index contributed by atoms with van der Waals surface area (Å²) in [7, 11) is 0. The molecule has 0 radical (unpaired) electrons. The van der Waals surface area contributed by atoms with Gasteiger partial charge in [0.1, 0.15) is 11.6 Å². The standard InChI is InChI=1S/C22H31N5OS/c1-13-18(12-29-19-9-10-24-14(2)20(19)23-6)21(26-15(3)25-13)27-17-8-7-16(11-17)22(4,5)28/h9-10,16-17,28H,6-8,11-12H2,1-5H3,(H,25,26,27). The van der Waals surface area contributed by atoms with E-state index in [9.17, 15) is 5.11 Å². The molecular weight excluding hydrogens is 382 g/mol. The van der Waals surface area contributed by atoms with E-state index in [1.165, 1.54) is 0 Å². The van der Waals surface area contributed by atoms with Gasteiger partial charge >= 0.3 is 0 Å². The number of hydrogen-bond acceptors (Lipinski definition) is 7. The Morgan fingerprint density at radius 3 is 2.66 bits per heavy atom. The van der Waals surface area contributed by atoms with Gasteiger partial charge in [-0.05, 0) is 72.6 Å². The van der Waals surface area contributed by atoms with Crippen molar-refractivity contribution in [1.29, 1.82) is 0 Å². The molecule has 2 aromatic heterocycles. The van der Waals surface area contributed by atoms with Gasteiger partial charge < -0.3 is 10.4 Å². The molecule has 0 spiro atoms. The van der Waals surface area contributed by atoms with E-state index in [1.54, 1.807) is 18.0 Å². The SMILES string of the molecule is C=Nc1c(SCc2c(C)nc(C)nc2NC2CCC(C(C)(C)O)C2)ccnc1C. The number of aryl methyl sites for hydroxylation is 3. The minimum Gasteiger partial charge on any atom is -0.390 e. The average molecular weight is 414 g/mol. The van der Waals surface area contributed by atoms with E-state index < -0.39 is 5.60 Å². The van der Waals surface area contributed by atoms with Crippen molar-refractivity contribution in [3.8, 4) is 0 Å². The van der Waals surface area contributed by atoms with E-state index in [0.717, 1.165) is 64.2 Å². The Hall–Kier alpha value is -1.99. The lowest BCUT2D eigenvalue weighted by Gasteiger charge is -2.25. The van der Waals surface area contributed by atoms with E-state index in [4.69, 9.17) is 4.98 Å². The molecule has 2 N–H and O–H groups in total. The summed E-state index contributed by atoms with van der Waals surface area (Å²) in [6, 6.07) is 2.29. The van der Waals surface area contributed by atoms with Crippen LogP contribution in [-0.4, -0.2) is 38.4 Å². The second kappa shape index (κ2) is 8.79. The minimum absolute atomic E-state index is 0.308. The summed E-state index contributed by atoms with van der Waals surface area (Å²) < 4.78 is 0. The summed E-state index contributed by atoms with van der Waals surface area (Å²) in [5.74, 6) is 2.72. The number of aromatic nitrogens is 3. The van der Waals surface area contributed by atoms with Crippen molar-refractivity contribution in [3.05, 3.63) is 35.0 Å². The molecule has 156 valence electrons. The summed E-state index contributed by atoms with van der Waals surface area (Å²) in [4.78, 5) is 18.8. The largest absolute Gasteiger partial charge is 0.390 e. The number of thioether (sulfide) groups is 1. The first-order valence-corrected chi connectivity index (χ1v) is 11.1. The molecular formula is C22H31N5OS. The Morgan fingerprint density at radius 1 is 1.24 bits per heavy atom. The first-order chi connectivity index (χ1) is 13.7. The Balaban J connectivity index is 1.80. The van der Waals surface area contributed by atoms with Crippen molar-refractivity contribution >= 4 is 30.0 Å². The molecule has 29 heavy (non-hydrogen) atoms. The van der Waals surface area contributed by atoms with Crippen molar-refractivity contribution in [2.75, 3.05) is 5.32 Å². The van der Waals surface area contributed by atoms with Gasteiger partial charge in [0, 0.05) is 34.1 Å². The maximum Gasteiger partial charge on any atom is 0.134 e. The van der Waals surface area contributed by atoms with Crippen LogP contribution in [0.4, 0.5) is 11.5 Å². The van der Waals surface area contributed by atoms with Gasteiger partial charge in [-0.15, -0.1) is 11.8 Å². The predicted molar refractivity (Wildman–Crippen MR) is 120 cm³/mol.